The van der Waals surface area contributed by atoms with Crippen molar-refractivity contribution in [2.24, 2.45) is 5.92 Å². The Labute approximate surface area is 235 Å². The lowest BCUT2D eigenvalue weighted by Gasteiger charge is -2.21. The number of aromatic nitrogens is 2. The minimum atomic E-state index is -0.0160. The second-order valence-electron chi connectivity index (χ2n) is 9.50. The molecule has 1 aromatic heterocycles. The highest BCUT2D eigenvalue weighted by molar-refractivity contribution is 8.26. The summed E-state index contributed by atoms with van der Waals surface area (Å²) in [6.45, 7) is 11.3. The summed E-state index contributed by atoms with van der Waals surface area (Å²) < 4.78 is 8.26. The van der Waals surface area contributed by atoms with Crippen LogP contribution in [0.25, 0.3) is 23.0 Å². The van der Waals surface area contributed by atoms with Crippen molar-refractivity contribution in [3.8, 4) is 22.7 Å². The molecule has 1 aliphatic rings. The highest BCUT2D eigenvalue weighted by Crippen LogP contribution is 2.36. The molecule has 0 N–H and O–H groups in total. The molecule has 38 heavy (non-hydrogen) atoms. The zero-order valence-electron chi connectivity index (χ0n) is 22.4. The molecule has 0 bridgehead atoms. The van der Waals surface area contributed by atoms with Crippen molar-refractivity contribution in [2.75, 3.05) is 13.2 Å². The van der Waals surface area contributed by atoms with Gasteiger partial charge in [0, 0.05) is 23.9 Å². The summed E-state index contributed by atoms with van der Waals surface area (Å²) in [4.78, 5) is 15.9. The number of benzene rings is 2. The van der Waals surface area contributed by atoms with E-state index in [1.807, 2.05) is 66.3 Å². The number of amides is 1. The van der Waals surface area contributed by atoms with Crippen LogP contribution in [0, 0.1) is 12.8 Å². The first kappa shape index (κ1) is 27.9. The summed E-state index contributed by atoms with van der Waals surface area (Å²) in [5.41, 5.74) is 4.58. The number of ether oxygens (including phenoxy) is 1. The minimum Gasteiger partial charge on any atom is -0.489 e. The van der Waals surface area contributed by atoms with E-state index in [1.54, 1.807) is 11.0 Å². The molecular weight excluding hydrogens is 510 g/mol. The van der Waals surface area contributed by atoms with Crippen LogP contribution in [0.1, 0.15) is 50.7 Å². The summed E-state index contributed by atoms with van der Waals surface area (Å²) in [6, 6.07) is 16.0. The van der Waals surface area contributed by atoms with Crippen LogP contribution in [0.15, 0.2) is 72.3 Å². The number of aryl methyl sites for hydroxylation is 1. The van der Waals surface area contributed by atoms with Crippen molar-refractivity contribution in [2.45, 2.75) is 46.5 Å². The number of carbonyl (C=O) groups excluding carboxylic acids is 1. The topological polar surface area (TPSA) is 47.4 Å². The van der Waals surface area contributed by atoms with Gasteiger partial charge in [-0.25, -0.2) is 4.68 Å². The fraction of sp³-hybridized carbons (Fsp3) is 0.323. The SMILES string of the molecule is C=CCOc1ccc(-c2nn(-c3ccccc3)cc2/C=C2\SC(=S)N(CC(CC)CCCC)C2=O)cc1C. The molecule has 1 atom stereocenters. The third kappa shape index (κ3) is 6.45. The van der Waals surface area contributed by atoms with Gasteiger partial charge in [-0.1, -0.05) is 87.9 Å². The molecule has 1 amide bonds. The first-order valence-corrected chi connectivity index (χ1v) is 14.4. The predicted octanol–water partition coefficient (Wildman–Crippen LogP) is 7.83. The normalized spacial score (nSPS) is 15.3. The third-order valence-electron chi connectivity index (χ3n) is 6.71. The number of hydrogen-bond acceptors (Lipinski definition) is 5. The molecule has 2 aromatic carbocycles. The molecule has 1 unspecified atom stereocenters. The Morgan fingerprint density at radius 3 is 2.66 bits per heavy atom. The van der Waals surface area contributed by atoms with Crippen LogP contribution in [0.4, 0.5) is 0 Å². The highest BCUT2D eigenvalue weighted by atomic mass is 32.2. The van der Waals surface area contributed by atoms with Crippen molar-refractivity contribution in [1.82, 2.24) is 14.7 Å². The summed E-state index contributed by atoms with van der Waals surface area (Å²) in [5, 5.41) is 4.93. The predicted molar refractivity (Wildman–Crippen MR) is 163 cm³/mol. The second-order valence-corrected chi connectivity index (χ2v) is 11.2. The average molecular weight is 546 g/mol. The quantitative estimate of drug-likeness (QED) is 0.132. The van der Waals surface area contributed by atoms with E-state index in [9.17, 15) is 4.79 Å². The van der Waals surface area contributed by atoms with Gasteiger partial charge in [-0.2, -0.15) is 5.10 Å². The minimum absolute atomic E-state index is 0.0160. The molecule has 0 aliphatic carbocycles. The largest absolute Gasteiger partial charge is 0.489 e. The molecular formula is C31H35N3O2S2. The van der Waals surface area contributed by atoms with Crippen LogP contribution in [0.3, 0.4) is 0 Å². The van der Waals surface area contributed by atoms with E-state index in [1.165, 1.54) is 18.2 Å². The number of carbonyl (C=O) groups is 1. The van der Waals surface area contributed by atoms with Gasteiger partial charge in [0.15, 0.2) is 0 Å². The number of para-hydroxylation sites is 1. The lowest BCUT2D eigenvalue weighted by molar-refractivity contribution is -0.122. The molecule has 4 rings (SSSR count). The van der Waals surface area contributed by atoms with Crippen molar-refractivity contribution >= 4 is 40.3 Å². The molecule has 5 nitrogen and oxygen atoms in total. The molecule has 0 saturated carbocycles. The first-order valence-electron chi connectivity index (χ1n) is 13.2. The molecule has 198 valence electrons. The number of unbranched alkanes of at least 4 members (excludes halogenated alkanes) is 1. The third-order valence-corrected chi connectivity index (χ3v) is 8.09. The van der Waals surface area contributed by atoms with Gasteiger partial charge < -0.3 is 4.74 Å². The number of thioether (sulfide) groups is 1. The number of thiocarbonyl (C=S) groups is 1. The van der Waals surface area contributed by atoms with Crippen LogP contribution in [-0.4, -0.2) is 38.1 Å². The molecule has 1 aliphatic heterocycles. The average Bonchev–Trinajstić information content (AvgIpc) is 3.46. The smallest absolute Gasteiger partial charge is 0.266 e. The Hall–Kier alpha value is -3.16. The Morgan fingerprint density at radius 2 is 1.97 bits per heavy atom. The van der Waals surface area contributed by atoms with Gasteiger partial charge in [-0.15, -0.1) is 0 Å². The number of rotatable bonds is 12. The van der Waals surface area contributed by atoms with E-state index < -0.39 is 0 Å². The molecule has 3 aromatic rings. The summed E-state index contributed by atoms with van der Waals surface area (Å²) in [6.07, 6.45) is 10.1. The maximum atomic E-state index is 13.5. The van der Waals surface area contributed by atoms with Crippen LogP contribution < -0.4 is 4.74 Å². The molecule has 0 spiro atoms. The fourth-order valence-corrected chi connectivity index (χ4v) is 5.78. The summed E-state index contributed by atoms with van der Waals surface area (Å²) in [7, 11) is 0. The molecule has 7 heteroatoms. The van der Waals surface area contributed by atoms with E-state index in [4.69, 9.17) is 22.1 Å². The Morgan fingerprint density at radius 1 is 1.18 bits per heavy atom. The van der Waals surface area contributed by atoms with Gasteiger partial charge in [0.1, 0.15) is 22.4 Å². The highest BCUT2D eigenvalue weighted by Gasteiger charge is 2.33. The summed E-state index contributed by atoms with van der Waals surface area (Å²) in [5.74, 6) is 1.25. The number of hydrogen-bond donors (Lipinski definition) is 0. The molecule has 2 heterocycles. The van der Waals surface area contributed by atoms with Gasteiger partial charge >= 0.3 is 0 Å². The Balaban J connectivity index is 1.69. The van der Waals surface area contributed by atoms with E-state index in [2.05, 4.69) is 26.5 Å². The van der Waals surface area contributed by atoms with Gasteiger partial charge in [-0.05, 0) is 61.2 Å². The fourth-order valence-electron chi connectivity index (χ4n) is 4.51. The van der Waals surface area contributed by atoms with Crippen molar-refractivity contribution in [3.63, 3.8) is 0 Å². The van der Waals surface area contributed by atoms with Gasteiger partial charge in [-0.3, -0.25) is 9.69 Å². The Kier molecular flexibility index (Phi) is 9.58. The number of nitrogens with zero attached hydrogens (tertiary/aromatic N) is 3. The second kappa shape index (κ2) is 13.1. The zero-order valence-corrected chi connectivity index (χ0v) is 24.0. The monoisotopic (exact) mass is 545 g/mol. The van der Waals surface area contributed by atoms with Crippen molar-refractivity contribution < 1.29 is 9.53 Å². The Bertz CT molecular complexity index is 1330. The zero-order chi connectivity index (χ0) is 27.1. The maximum absolute atomic E-state index is 13.5. The van der Waals surface area contributed by atoms with E-state index in [0.29, 0.717) is 28.3 Å². The van der Waals surface area contributed by atoms with Crippen LogP contribution in [0.5, 0.6) is 5.75 Å². The van der Waals surface area contributed by atoms with Gasteiger partial charge in [0.05, 0.1) is 10.6 Å². The van der Waals surface area contributed by atoms with Gasteiger partial charge in [0.25, 0.3) is 5.91 Å². The first-order chi connectivity index (χ1) is 18.4. The van der Waals surface area contributed by atoms with E-state index >= 15 is 0 Å². The molecule has 1 saturated heterocycles. The summed E-state index contributed by atoms with van der Waals surface area (Å²) >= 11 is 7.03. The van der Waals surface area contributed by atoms with Crippen LogP contribution >= 0.6 is 24.0 Å². The van der Waals surface area contributed by atoms with Crippen LogP contribution in [-0.2, 0) is 4.79 Å². The maximum Gasteiger partial charge on any atom is 0.266 e. The van der Waals surface area contributed by atoms with E-state index in [0.717, 1.165) is 53.1 Å². The molecule has 1 fully saturated rings. The van der Waals surface area contributed by atoms with Crippen molar-refractivity contribution in [1.29, 1.82) is 0 Å². The standard InChI is InChI=1S/C31H35N3O2S2/c1-5-8-12-23(7-3)20-33-30(35)28(38-31(33)37)19-25-21-34(26-13-10-9-11-14-26)32-29(25)24-15-16-27(22(4)18-24)36-17-6-2/h6,9-11,13-16,18-19,21,23H,2,5,7-8,12,17,20H2,1,3-4H3/b28-19-. The van der Waals surface area contributed by atoms with E-state index in [-0.39, 0.29) is 5.91 Å². The van der Waals surface area contributed by atoms with Gasteiger partial charge in [0.2, 0.25) is 0 Å². The van der Waals surface area contributed by atoms with Crippen molar-refractivity contribution in [3.05, 3.63) is 83.4 Å². The lowest BCUT2D eigenvalue weighted by Crippen LogP contribution is -2.33. The lowest BCUT2D eigenvalue weighted by atomic mass is 9.99. The molecule has 0 radical (unpaired) electrons. The van der Waals surface area contributed by atoms with Crippen LogP contribution in [0.2, 0.25) is 0 Å².